The number of benzene rings is 2. The average molecular weight is 645 g/mol. The Hall–Kier alpha value is -4.20. The number of hydrogen-bond donors (Lipinski definition) is 3. The van der Waals surface area contributed by atoms with Gasteiger partial charge in [0.1, 0.15) is 24.5 Å². The van der Waals surface area contributed by atoms with Crippen LogP contribution in [0.4, 0.5) is 5.82 Å². The lowest BCUT2D eigenvalue weighted by Crippen LogP contribution is -2.23. The number of carbonyl (C=O) groups excluding carboxylic acids is 1. The lowest BCUT2D eigenvalue weighted by Gasteiger charge is -2.22. The Morgan fingerprint density at radius 2 is 1.91 bits per heavy atom. The fourth-order valence-electron chi connectivity index (χ4n) is 4.29. The summed E-state index contributed by atoms with van der Waals surface area (Å²) in [6.07, 6.45) is 3.63. The SMILES string of the molecule is C=C.CC(=O)O.CC1CC(COP(=O)(NCC=O)Oc2cccc3ccccc23)OC1c1cnc2c(N)ncnn12.CCOC. The highest BCUT2D eigenvalue weighted by Crippen LogP contribution is 2.47. The lowest BCUT2D eigenvalue weighted by molar-refractivity contribution is -0.134. The Morgan fingerprint density at radius 3 is 2.58 bits per heavy atom. The molecule has 45 heavy (non-hydrogen) atoms. The van der Waals surface area contributed by atoms with E-state index in [0.29, 0.717) is 24.1 Å². The number of nitrogens with zero attached hydrogens (tertiary/aromatic N) is 4. The van der Waals surface area contributed by atoms with Crippen LogP contribution in [0.3, 0.4) is 0 Å². The van der Waals surface area contributed by atoms with Crippen LogP contribution in [0.2, 0.25) is 0 Å². The maximum atomic E-state index is 13.5. The van der Waals surface area contributed by atoms with E-state index in [1.807, 2.05) is 44.2 Å². The number of nitrogens with one attached hydrogen (secondary N) is 1. The molecule has 1 saturated heterocycles. The van der Waals surface area contributed by atoms with E-state index in [0.717, 1.165) is 30.0 Å². The molecule has 1 aliphatic heterocycles. The second kappa shape index (κ2) is 18.6. The zero-order valence-corrected chi connectivity index (χ0v) is 26.8. The van der Waals surface area contributed by atoms with Gasteiger partial charge < -0.3 is 29.6 Å². The predicted octanol–water partition coefficient (Wildman–Crippen LogP) is 4.86. The molecule has 4 aromatic rings. The third-order valence-electron chi connectivity index (χ3n) is 6.19. The van der Waals surface area contributed by atoms with Gasteiger partial charge in [-0.25, -0.2) is 24.1 Å². The van der Waals surface area contributed by atoms with Gasteiger partial charge in [-0.15, -0.1) is 13.2 Å². The number of carboxylic acids is 1. The molecule has 0 aliphatic carbocycles. The number of aldehydes is 1. The number of fused-ring (bicyclic) bond motifs is 2. The molecule has 0 bridgehead atoms. The Balaban J connectivity index is 0.000000624. The van der Waals surface area contributed by atoms with Gasteiger partial charge in [0, 0.05) is 26.0 Å². The number of methoxy groups -OCH3 is 1. The minimum absolute atomic E-state index is 0.00258. The molecule has 15 heteroatoms. The van der Waals surface area contributed by atoms with Crippen LogP contribution in [0.5, 0.6) is 5.75 Å². The molecule has 0 amide bonds. The van der Waals surface area contributed by atoms with Crippen LogP contribution in [-0.2, 0) is 28.2 Å². The molecule has 4 atom stereocenters. The number of rotatable bonds is 10. The monoisotopic (exact) mass is 644 g/mol. The van der Waals surface area contributed by atoms with Gasteiger partial charge in [-0.3, -0.25) is 9.32 Å². The standard InChI is InChI=1S/C23H25N6O5P.C3H8O.C2H4O2.C2H4/c1-15-11-17(33-21(15)19-12-25-23-22(24)26-14-27-29(19)23)13-32-35(31,28-9-10-30)34-20-8-4-6-16-5-2-3-7-18(16)20;1-3-4-2;1-2(3)4;1-2/h2-8,10,12,14-15,17,21H,9,11,13H2,1H3,(H,28,31)(H2,24,26,27);3H2,1-2H3;1H3,(H,3,4);1-2H2. The molecule has 4 unspecified atom stereocenters. The van der Waals surface area contributed by atoms with Gasteiger partial charge in [0.25, 0.3) is 5.97 Å². The molecule has 14 nitrogen and oxygen atoms in total. The Bertz CT molecular complexity index is 1560. The normalized spacial score (nSPS) is 18.3. The highest BCUT2D eigenvalue weighted by atomic mass is 31.2. The minimum Gasteiger partial charge on any atom is -0.481 e. The van der Waals surface area contributed by atoms with Crippen molar-refractivity contribution in [3.8, 4) is 5.75 Å². The number of nitrogens with two attached hydrogens (primary N) is 1. The minimum atomic E-state index is -3.88. The summed E-state index contributed by atoms with van der Waals surface area (Å²) in [6.45, 7) is 11.7. The van der Waals surface area contributed by atoms with Crippen LogP contribution in [0.25, 0.3) is 16.4 Å². The first-order valence-electron chi connectivity index (χ1n) is 14.0. The summed E-state index contributed by atoms with van der Waals surface area (Å²) in [6, 6.07) is 13.0. The van der Waals surface area contributed by atoms with E-state index >= 15 is 0 Å². The molecule has 244 valence electrons. The summed E-state index contributed by atoms with van der Waals surface area (Å²) in [5, 5.41) is 16.0. The summed E-state index contributed by atoms with van der Waals surface area (Å²) < 4.78 is 37.5. The largest absolute Gasteiger partial charge is 0.481 e. The van der Waals surface area contributed by atoms with Crippen molar-refractivity contribution in [2.75, 3.05) is 32.6 Å². The van der Waals surface area contributed by atoms with Crippen LogP contribution < -0.4 is 15.3 Å². The molecular weight excluding hydrogens is 603 g/mol. The topological polar surface area (TPSA) is 189 Å². The highest BCUT2D eigenvalue weighted by Gasteiger charge is 2.38. The van der Waals surface area contributed by atoms with Crippen molar-refractivity contribution in [1.82, 2.24) is 24.7 Å². The van der Waals surface area contributed by atoms with Gasteiger partial charge in [-0.1, -0.05) is 43.3 Å². The third kappa shape index (κ3) is 10.7. The van der Waals surface area contributed by atoms with Gasteiger partial charge in [0.15, 0.2) is 11.5 Å². The third-order valence-corrected chi connectivity index (χ3v) is 7.69. The quantitative estimate of drug-likeness (QED) is 0.121. The Labute approximate surface area is 262 Å². The number of anilines is 1. The molecule has 0 spiro atoms. The average Bonchev–Trinajstić information content (AvgIpc) is 3.64. The lowest BCUT2D eigenvalue weighted by atomic mass is 10.00. The molecule has 1 fully saturated rings. The van der Waals surface area contributed by atoms with E-state index in [2.05, 4.69) is 38.0 Å². The Kier molecular flexibility index (Phi) is 15.3. The molecule has 4 N–H and O–H groups in total. The first-order chi connectivity index (χ1) is 21.6. The number of ether oxygens (including phenoxy) is 2. The summed E-state index contributed by atoms with van der Waals surface area (Å²) in [5.41, 5.74) is 7.10. The highest BCUT2D eigenvalue weighted by molar-refractivity contribution is 7.52. The van der Waals surface area contributed by atoms with Gasteiger partial charge in [0.2, 0.25) is 0 Å². The van der Waals surface area contributed by atoms with Crippen LogP contribution in [0.15, 0.2) is 68.1 Å². The zero-order valence-electron chi connectivity index (χ0n) is 25.9. The number of aliphatic carboxylic acids is 1. The molecule has 0 radical (unpaired) electrons. The molecule has 2 aromatic carbocycles. The number of carbonyl (C=O) groups is 2. The van der Waals surface area contributed by atoms with Crippen molar-refractivity contribution in [2.24, 2.45) is 5.92 Å². The summed E-state index contributed by atoms with van der Waals surface area (Å²) in [7, 11) is -2.20. The van der Waals surface area contributed by atoms with E-state index in [9.17, 15) is 9.36 Å². The van der Waals surface area contributed by atoms with Crippen molar-refractivity contribution < 1.29 is 37.8 Å². The fourth-order valence-corrected chi connectivity index (χ4v) is 5.58. The van der Waals surface area contributed by atoms with E-state index in [1.54, 1.807) is 30.0 Å². The van der Waals surface area contributed by atoms with Crippen molar-refractivity contribution in [2.45, 2.75) is 39.4 Å². The van der Waals surface area contributed by atoms with Crippen LogP contribution in [-0.4, -0.2) is 69.9 Å². The number of nitrogen functional groups attached to an aromatic ring is 1. The van der Waals surface area contributed by atoms with E-state index in [1.165, 1.54) is 6.33 Å². The first-order valence-corrected chi connectivity index (χ1v) is 15.5. The van der Waals surface area contributed by atoms with Crippen molar-refractivity contribution in [1.29, 1.82) is 0 Å². The number of carboxylic acid groups (broad SMARTS) is 1. The molecule has 3 heterocycles. The van der Waals surface area contributed by atoms with Crippen molar-refractivity contribution in [3.05, 3.63) is 73.8 Å². The van der Waals surface area contributed by atoms with Crippen LogP contribution >= 0.6 is 7.75 Å². The van der Waals surface area contributed by atoms with Gasteiger partial charge in [0.05, 0.1) is 31.1 Å². The molecule has 5 rings (SSSR count). The fraction of sp³-hybridized carbons (Fsp3) is 0.367. The van der Waals surface area contributed by atoms with E-state index < -0.39 is 13.7 Å². The van der Waals surface area contributed by atoms with Crippen LogP contribution in [0, 0.1) is 5.92 Å². The predicted molar refractivity (Wildman–Crippen MR) is 171 cm³/mol. The van der Waals surface area contributed by atoms with Crippen LogP contribution in [0.1, 0.15) is 39.0 Å². The van der Waals surface area contributed by atoms with Gasteiger partial charge in [-0.05, 0) is 30.7 Å². The van der Waals surface area contributed by atoms with E-state index in [-0.39, 0.29) is 37.1 Å². The summed E-state index contributed by atoms with van der Waals surface area (Å²) in [5.74, 6) is -0.0445. The van der Waals surface area contributed by atoms with Gasteiger partial charge >= 0.3 is 7.75 Å². The second-order valence-electron chi connectivity index (χ2n) is 9.44. The summed E-state index contributed by atoms with van der Waals surface area (Å²) in [4.78, 5) is 28.2. The molecular formula is C30H41N6O8P. The van der Waals surface area contributed by atoms with Crippen molar-refractivity contribution in [3.63, 3.8) is 0 Å². The van der Waals surface area contributed by atoms with Crippen molar-refractivity contribution >= 4 is 42.2 Å². The zero-order chi connectivity index (χ0) is 33.4. The summed E-state index contributed by atoms with van der Waals surface area (Å²) >= 11 is 0. The maximum Gasteiger partial charge on any atom is 0.459 e. The molecule has 2 aromatic heterocycles. The van der Waals surface area contributed by atoms with E-state index in [4.69, 9.17) is 29.4 Å². The van der Waals surface area contributed by atoms with Gasteiger partial charge in [-0.2, -0.15) is 5.10 Å². The number of aromatic nitrogens is 4. The molecule has 1 aliphatic rings. The second-order valence-corrected chi connectivity index (χ2v) is 11.2. The Morgan fingerprint density at radius 1 is 1.24 bits per heavy atom. The maximum absolute atomic E-state index is 13.5. The smallest absolute Gasteiger partial charge is 0.459 e. The molecule has 0 saturated carbocycles. The number of hydrogen-bond acceptors (Lipinski definition) is 11. The first kappa shape index (κ1) is 37.0. The number of imidazole rings is 1.